The van der Waals surface area contributed by atoms with Crippen LogP contribution in [0, 0.1) is 0 Å². The van der Waals surface area contributed by atoms with Gasteiger partial charge in [0.2, 0.25) is 0 Å². The summed E-state index contributed by atoms with van der Waals surface area (Å²) < 4.78 is 0. The van der Waals surface area contributed by atoms with Crippen molar-refractivity contribution in [1.29, 1.82) is 0 Å². The van der Waals surface area contributed by atoms with Crippen LogP contribution in [0.1, 0.15) is 22.1 Å². The van der Waals surface area contributed by atoms with Crippen molar-refractivity contribution in [1.82, 2.24) is 25.3 Å². The van der Waals surface area contributed by atoms with E-state index in [-0.39, 0.29) is 11.9 Å². The molecule has 3 aromatic rings. The lowest BCUT2D eigenvalue weighted by atomic mass is 10.1. The maximum atomic E-state index is 12.3. The van der Waals surface area contributed by atoms with Gasteiger partial charge in [-0.2, -0.15) is 15.0 Å². The molecule has 1 N–H and O–H groups in total. The number of hydrogen-bond donors (Lipinski definition) is 1. The third kappa shape index (κ3) is 3.35. The van der Waals surface area contributed by atoms with Crippen molar-refractivity contribution in [2.75, 3.05) is 0 Å². The Morgan fingerprint density at radius 3 is 2.41 bits per heavy atom. The summed E-state index contributed by atoms with van der Waals surface area (Å²) in [4.78, 5) is 18.0. The third-order valence-electron chi connectivity index (χ3n) is 3.22. The Balaban J connectivity index is 1.81. The number of aromatic nitrogens is 4. The molecule has 22 heavy (non-hydrogen) atoms. The van der Waals surface area contributed by atoms with Gasteiger partial charge in [-0.1, -0.05) is 36.4 Å². The zero-order valence-corrected chi connectivity index (χ0v) is 11.8. The quantitative estimate of drug-likeness (QED) is 0.779. The highest BCUT2D eigenvalue weighted by molar-refractivity contribution is 5.92. The van der Waals surface area contributed by atoms with Crippen molar-refractivity contribution in [2.45, 2.75) is 12.6 Å². The lowest BCUT2D eigenvalue weighted by Gasteiger charge is -2.18. The Kier molecular flexibility index (Phi) is 4.20. The molecular formula is C16H15N5O. The minimum absolute atomic E-state index is 0.221. The third-order valence-corrected chi connectivity index (χ3v) is 3.22. The van der Waals surface area contributed by atoms with Gasteiger partial charge in [0.05, 0.1) is 25.0 Å². The van der Waals surface area contributed by atoms with E-state index in [0.29, 0.717) is 12.2 Å². The van der Waals surface area contributed by atoms with E-state index in [1.54, 1.807) is 41.6 Å². The zero-order chi connectivity index (χ0) is 15.2. The molecule has 110 valence electrons. The molecule has 1 aromatic carbocycles. The van der Waals surface area contributed by atoms with E-state index in [9.17, 15) is 4.79 Å². The fraction of sp³-hybridized carbons (Fsp3) is 0.125. The molecule has 0 aliphatic rings. The number of hydrogen-bond acceptors (Lipinski definition) is 4. The fourth-order valence-electron chi connectivity index (χ4n) is 2.15. The minimum Gasteiger partial charge on any atom is -0.342 e. The summed E-state index contributed by atoms with van der Waals surface area (Å²) >= 11 is 0. The highest BCUT2D eigenvalue weighted by Crippen LogP contribution is 2.15. The topological polar surface area (TPSA) is 72.7 Å². The Morgan fingerprint density at radius 2 is 1.73 bits per heavy atom. The van der Waals surface area contributed by atoms with Gasteiger partial charge in [-0.3, -0.25) is 9.78 Å². The monoisotopic (exact) mass is 293 g/mol. The van der Waals surface area contributed by atoms with E-state index in [1.165, 1.54) is 0 Å². The van der Waals surface area contributed by atoms with Gasteiger partial charge < -0.3 is 5.32 Å². The predicted octanol–water partition coefficient (Wildman–Crippen LogP) is 1.84. The molecule has 0 fully saturated rings. The van der Waals surface area contributed by atoms with Gasteiger partial charge in [-0.25, -0.2) is 0 Å². The molecule has 0 saturated heterocycles. The number of nitrogens with zero attached hydrogens (tertiary/aromatic N) is 4. The summed E-state index contributed by atoms with van der Waals surface area (Å²) in [5, 5.41) is 11.2. The maximum Gasteiger partial charge on any atom is 0.270 e. The summed E-state index contributed by atoms with van der Waals surface area (Å²) in [5.41, 5.74) is 1.38. The molecule has 2 aromatic heterocycles. The number of pyridine rings is 1. The molecule has 0 spiro atoms. The largest absolute Gasteiger partial charge is 0.342 e. The minimum atomic E-state index is -0.233. The average Bonchev–Trinajstić information content (AvgIpc) is 3.09. The Labute approximate surface area is 127 Å². The second-order valence-electron chi connectivity index (χ2n) is 4.74. The first-order chi connectivity index (χ1) is 10.8. The van der Waals surface area contributed by atoms with Crippen LogP contribution >= 0.6 is 0 Å². The van der Waals surface area contributed by atoms with Crippen LogP contribution in [0.2, 0.25) is 0 Å². The van der Waals surface area contributed by atoms with Crippen LogP contribution in [-0.2, 0) is 6.54 Å². The average molecular weight is 293 g/mol. The van der Waals surface area contributed by atoms with Gasteiger partial charge >= 0.3 is 0 Å². The highest BCUT2D eigenvalue weighted by Gasteiger charge is 2.17. The summed E-state index contributed by atoms with van der Waals surface area (Å²) in [7, 11) is 0. The number of carbonyl (C=O) groups excluding carboxylic acids is 1. The van der Waals surface area contributed by atoms with Gasteiger partial charge in [0.1, 0.15) is 5.69 Å². The van der Waals surface area contributed by atoms with Gasteiger partial charge in [-0.05, 0) is 17.7 Å². The van der Waals surface area contributed by atoms with Gasteiger partial charge in [0.15, 0.2) is 0 Å². The van der Waals surface area contributed by atoms with Crippen molar-refractivity contribution in [2.24, 2.45) is 0 Å². The molecule has 0 aliphatic carbocycles. The van der Waals surface area contributed by atoms with Gasteiger partial charge in [0, 0.05) is 6.20 Å². The molecule has 0 bridgehead atoms. The van der Waals surface area contributed by atoms with Crippen LogP contribution in [-0.4, -0.2) is 25.9 Å². The molecule has 0 radical (unpaired) electrons. The van der Waals surface area contributed by atoms with E-state index in [1.807, 2.05) is 30.3 Å². The first-order valence-corrected chi connectivity index (χ1v) is 6.94. The molecule has 6 heteroatoms. The second kappa shape index (κ2) is 6.62. The van der Waals surface area contributed by atoms with E-state index in [0.717, 1.165) is 5.56 Å². The van der Waals surface area contributed by atoms with E-state index >= 15 is 0 Å². The number of rotatable bonds is 5. The normalized spacial score (nSPS) is 11.8. The Bertz CT molecular complexity index is 713. The molecule has 3 rings (SSSR count). The lowest BCUT2D eigenvalue weighted by Crippen LogP contribution is -2.32. The number of carbonyl (C=O) groups is 1. The van der Waals surface area contributed by atoms with Crippen LogP contribution < -0.4 is 5.32 Å². The van der Waals surface area contributed by atoms with Gasteiger partial charge in [-0.15, -0.1) is 0 Å². The lowest BCUT2D eigenvalue weighted by molar-refractivity contribution is 0.0925. The molecule has 2 heterocycles. The van der Waals surface area contributed by atoms with Crippen molar-refractivity contribution in [3.05, 3.63) is 78.4 Å². The van der Waals surface area contributed by atoms with Crippen LogP contribution in [0.25, 0.3) is 0 Å². The summed E-state index contributed by atoms with van der Waals surface area (Å²) in [6, 6.07) is 14.8. The standard InChI is InChI=1S/C16H15N5O/c22-16(14-8-4-5-9-17-14)20-15(12-21-18-10-11-19-21)13-6-2-1-3-7-13/h1-11,15H,12H2,(H,20,22)/t15-/m1/s1. The predicted molar refractivity (Wildman–Crippen MR) is 80.9 cm³/mol. The number of benzene rings is 1. The SMILES string of the molecule is O=C(N[C@H](Cn1nccn1)c1ccccc1)c1ccccn1. The van der Waals surface area contributed by atoms with Crippen LogP contribution in [0.3, 0.4) is 0 Å². The fourth-order valence-corrected chi connectivity index (χ4v) is 2.15. The van der Waals surface area contributed by atoms with E-state index in [2.05, 4.69) is 20.5 Å². The second-order valence-corrected chi connectivity index (χ2v) is 4.74. The van der Waals surface area contributed by atoms with Crippen LogP contribution in [0.15, 0.2) is 67.1 Å². The molecule has 1 amide bonds. The number of amides is 1. The molecule has 0 saturated carbocycles. The van der Waals surface area contributed by atoms with Crippen LogP contribution in [0.4, 0.5) is 0 Å². The summed E-state index contributed by atoms with van der Waals surface area (Å²) in [5.74, 6) is -0.221. The molecule has 0 aliphatic heterocycles. The Morgan fingerprint density at radius 1 is 1.00 bits per heavy atom. The van der Waals surface area contributed by atoms with Gasteiger partial charge in [0.25, 0.3) is 5.91 Å². The number of nitrogens with one attached hydrogen (secondary N) is 1. The Hall–Kier alpha value is -3.02. The first-order valence-electron chi connectivity index (χ1n) is 6.94. The molecule has 0 unspecified atom stereocenters. The van der Waals surface area contributed by atoms with E-state index < -0.39 is 0 Å². The first kappa shape index (κ1) is 13.9. The summed E-state index contributed by atoms with van der Waals surface area (Å²) in [6.45, 7) is 0.454. The van der Waals surface area contributed by atoms with Crippen molar-refractivity contribution in [3.8, 4) is 0 Å². The summed E-state index contributed by atoms with van der Waals surface area (Å²) in [6.07, 6.45) is 4.83. The van der Waals surface area contributed by atoms with Crippen molar-refractivity contribution < 1.29 is 4.79 Å². The zero-order valence-electron chi connectivity index (χ0n) is 11.8. The maximum absolute atomic E-state index is 12.3. The molecule has 1 atom stereocenters. The smallest absolute Gasteiger partial charge is 0.270 e. The van der Waals surface area contributed by atoms with E-state index in [4.69, 9.17) is 0 Å². The van der Waals surface area contributed by atoms with Crippen molar-refractivity contribution >= 4 is 5.91 Å². The molecule has 6 nitrogen and oxygen atoms in total. The molecular weight excluding hydrogens is 278 g/mol. The highest BCUT2D eigenvalue weighted by atomic mass is 16.1. The van der Waals surface area contributed by atoms with Crippen molar-refractivity contribution in [3.63, 3.8) is 0 Å². The van der Waals surface area contributed by atoms with Crippen LogP contribution in [0.5, 0.6) is 0 Å².